The molecule has 2 aromatic heterocycles. The molecule has 1 atom stereocenters. The smallest absolute Gasteiger partial charge is 0.451 e. The van der Waals surface area contributed by atoms with Crippen LogP contribution in [0, 0.1) is 0 Å². The van der Waals surface area contributed by atoms with Crippen LogP contribution in [0.3, 0.4) is 0 Å². The molecule has 0 radical (unpaired) electrons. The number of aromatic nitrogens is 2. The monoisotopic (exact) mass is 366 g/mol. The van der Waals surface area contributed by atoms with Crippen LogP contribution >= 0.6 is 11.3 Å². The lowest BCUT2D eigenvalue weighted by Gasteiger charge is -2.17. The van der Waals surface area contributed by atoms with E-state index in [-0.39, 0.29) is 17.8 Å². The lowest BCUT2D eigenvalue weighted by molar-refractivity contribution is -0.146. The highest BCUT2D eigenvalue weighted by Gasteiger charge is 2.38. The quantitative estimate of drug-likeness (QED) is 0.642. The number of carbonyl (C=O) groups is 1. The zero-order valence-corrected chi connectivity index (χ0v) is 13.9. The van der Waals surface area contributed by atoms with E-state index in [0.717, 1.165) is 0 Å². The Morgan fingerprint density at radius 1 is 1.20 bits per heavy atom. The predicted octanol–water partition coefficient (Wildman–Crippen LogP) is 4.41. The molecular weight excluding hydrogens is 353 g/mol. The van der Waals surface area contributed by atoms with Gasteiger partial charge in [0.1, 0.15) is 5.92 Å². The molecule has 0 bridgehead atoms. The molecule has 4 nitrogen and oxygen atoms in total. The second-order valence-corrected chi connectivity index (χ2v) is 6.08. The number of benzene rings is 1. The van der Waals surface area contributed by atoms with Gasteiger partial charge in [0.2, 0.25) is 5.82 Å². The van der Waals surface area contributed by atoms with Crippen molar-refractivity contribution in [1.82, 2.24) is 9.97 Å². The van der Waals surface area contributed by atoms with Crippen LogP contribution in [0.15, 0.2) is 41.8 Å². The lowest BCUT2D eigenvalue weighted by atomic mass is 9.95. The predicted molar refractivity (Wildman–Crippen MR) is 87.3 cm³/mol. The van der Waals surface area contributed by atoms with Gasteiger partial charge < -0.3 is 4.74 Å². The van der Waals surface area contributed by atoms with Crippen LogP contribution in [0.1, 0.15) is 29.9 Å². The van der Waals surface area contributed by atoms with Crippen LogP contribution in [-0.4, -0.2) is 22.5 Å². The largest absolute Gasteiger partial charge is 0.465 e. The van der Waals surface area contributed by atoms with E-state index in [1.54, 1.807) is 42.6 Å². The van der Waals surface area contributed by atoms with Crippen molar-refractivity contribution in [2.24, 2.45) is 0 Å². The number of halogens is 3. The minimum atomic E-state index is -4.71. The SMILES string of the molecule is CCOC(=O)C(c1ccccc1)c1nc(C(F)(F)F)nc2ccsc12. The van der Waals surface area contributed by atoms with Crippen molar-refractivity contribution in [3.8, 4) is 0 Å². The van der Waals surface area contributed by atoms with E-state index in [4.69, 9.17) is 4.74 Å². The summed E-state index contributed by atoms with van der Waals surface area (Å²) in [6, 6.07) is 9.98. The lowest BCUT2D eigenvalue weighted by Crippen LogP contribution is -2.21. The van der Waals surface area contributed by atoms with Gasteiger partial charge in [0.05, 0.1) is 22.5 Å². The Bertz CT molecular complexity index is 894. The Hall–Kier alpha value is -2.48. The molecule has 130 valence electrons. The molecule has 0 saturated carbocycles. The van der Waals surface area contributed by atoms with Gasteiger partial charge in [0, 0.05) is 0 Å². The summed E-state index contributed by atoms with van der Waals surface area (Å²) in [6.07, 6.45) is -4.71. The Balaban J connectivity index is 2.25. The van der Waals surface area contributed by atoms with Crippen LogP contribution < -0.4 is 0 Å². The molecule has 25 heavy (non-hydrogen) atoms. The first-order chi connectivity index (χ1) is 11.9. The average Bonchev–Trinajstić information content (AvgIpc) is 3.04. The first kappa shape index (κ1) is 17.3. The molecule has 0 aliphatic carbocycles. The minimum Gasteiger partial charge on any atom is -0.465 e. The fourth-order valence-corrected chi connectivity index (χ4v) is 3.34. The number of fused-ring (bicyclic) bond motifs is 1. The van der Waals surface area contributed by atoms with Crippen molar-refractivity contribution < 1.29 is 22.7 Å². The van der Waals surface area contributed by atoms with Crippen LogP contribution in [0.25, 0.3) is 10.2 Å². The Morgan fingerprint density at radius 3 is 2.56 bits per heavy atom. The standard InChI is InChI=1S/C17H13F3N2O2S/c1-2-24-15(23)12(10-6-4-3-5-7-10)13-14-11(8-9-25-14)21-16(22-13)17(18,19)20/h3-9,12H,2H2,1H3. The summed E-state index contributed by atoms with van der Waals surface area (Å²) < 4.78 is 45.1. The highest BCUT2D eigenvalue weighted by Crippen LogP contribution is 2.36. The number of ether oxygens (including phenoxy) is 1. The molecule has 0 saturated heterocycles. The third kappa shape index (κ3) is 3.48. The minimum absolute atomic E-state index is 0.0111. The van der Waals surface area contributed by atoms with Gasteiger partial charge in [0.25, 0.3) is 0 Å². The van der Waals surface area contributed by atoms with Crippen molar-refractivity contribution in [3.05, 3.63) is 58.9 Å². The summed E-state index contributed by atoms with van der Waals surface area (Å²) in [5.41, 5.74) is 0.687. The summed E-state index contributed by atoms with van der Waals surface area (Å²) in [5.74, 6) is -2.96. The molecule has 3 rings (SSSR count). The molecular formula is C17H13F3N2O2S. The Morgan fingerprint density at radius 2 is 1.92 bits per heavy atom. The van der Waals surface area contributed by atoms with E-state index in [1.165, 1.54) is 17.4 Å². The first-order valence-corrected chi connectivity index (χ1v) is 8.33. The maximum absolute atomic E-state index is 13.2. The second-order valence-electron chi connectivity index (χ2n) is 5.16. The third-order valence-electron chi connectivity index (χ3n) is 3.51. The summed E-state index contributed by atoms with van der Waals surface area (Å²) in [7, 11) is 0. The van der Waals surface area contributed by atoms with Crippen LogP contribution in [-0.2, 0) is 15.7 Å². The molecule has 0 aliphatic rings. The zero-order valence-electron chi connectivity index (χ0n) is 13.1. The number of nitrogens with zero attached hydrogens (tertiary/aromatic N) is 2. The molecule has 2 heterocycles. The van der Waals surface area contributed by atoms with E-state index in [0.29, 0.717) is 10.3 Å². The van der Waals surface area contributed by atoms with Gasteiger partial charge in [-0.05, 0) is 23.9 Å². The van der Waals surface area contributed by atoms with Crippen molar-refractivity contribution in [2.75, 3.05) is 6.61 Å². The van der Waals surface area contributed by atoms with E-state index < -0.39 is 23.9 Å². The fraction of sp³-hybridized carbons (Fsp3) is 0.235. The van der Waals surface area contributed by atoms with E-state index in [1.807, 2.05) is 0 Å². The normalized spacial score (nSPS) is 13.0. The molecule has 0 amide bonds. The van der Waals surface area contributed by atoms with Crippen LogP contribution in [0.4, 0.5) is 13.2 Å². The number of hydrogen-bond donors (Lipinski definition) is 0. The number of rotatable bonds is 4. The number of thiophene rings is 1. The number of esters is 1. The fourth-order valence-electron chi connectivity index (χ4n) is 2.49. The van der Waals surface area contributed by atoms with Gasteiger partial charge in [-0.15, -0.1) is 11.3 Å². The topological polar surface area (TPSA) is 52.1 Å². The number of hydrogen-bond acceptors (Lipinski definition) is 5. The van der Waals surface area contributed by atoms with Gasteiger partial charge >= 0.3 is 12.1 Å². The molecule has 0 aliphatic heterocycles. The highest BCUT2D eigenvalue weighted by molar-refractivity contribution is 7.17. The summed E-state index contributed by atoms with van der Waals surface area (Å²) in [6.45, 7) is 1.76. The van der Waals surface area contributed by atoms with Crippen LogP contribution in [0.5, 0.6) is 0 Å². The maximum atomic E-state index is 13.2. The van der Waals surface area contributed by atoms with Crippen molar-refractivity contribution in [1.29, 1.82) is 0 Å². The molecule has 0 fully saturated rings. The van der Waals surface area contributed by atoms with Crippen molar-refractivity contribution in [2.45, 2.75) is 19.0 Å². The third-order valence-corrected chi connectivity index (χ3v) is 4.44. The summed E-state index contributed by atoms with van der Waals surface area (Å²) in [4.78, 5) is 19.8. The second kappa shape index (κ2) is 6.79. The average molecular weight is 366 g/mol. The first-order valence-electron chi connectivity index (χ1n) is 7.45. The molecule has 8 heteroatoms. The summed E-state index contributed by atoms with van der Waals surface area (Å²) in [5, 5.41) is 1.62. The van der Waals surface area contributed by atoms with Gasteiger partial charge in [-0.1, -0.05) is 30.3 Å². The van der Waals surface area contributed by atoms with Gasteiger partial charge in [0.15, 0.2) is 0 Å². The molecule has 0 spiro atoms. The Kier molecular flexibility index (Phi) is 4.71. The van der Waals surface area contributed by atoms with Crippen molar-refractivity contribution in [3.63, 3.8) is 0 Å². The van der Waals surface area contributed by atoms with E-state index >= 15 is 0 Å². The molecule has 1 aromatic carbocycles. The zero-order chi connectivity index (χ0) is 18.0. The summed E-state index contributed by atoms with van der Waals surface area (Å²) >= 11 is 1.19. The van der Waals surface area contributed by atoms with Crippen LogP contribution in [0.2, 0.25) is 0 Å². The van der Waals surface area contributed by atoms with Gasteiger partial charge in [-0.3, -0.25) is 4.79 Å². The number of carbonyl (C=O) groups excluding carboxylic acids is 1. The molecule has 1 unspecified atom stereocenters. The number of alkyl halides is 3. The van der Waals surface area contributed by atoms with Crippen molar-refractivity contribution >= 4 is 27.5 Å². The van der Waals surface area contributed by atoms with E-state index in [9.17, 15) is 18.0 Å². The highest BCUT2D eigenvalue weighted by atomic mass is 32.1. The van der Waals surface area contributed by atoms with Gasteiger partial charge in [-0.25, -0.2) is 9.97 Å². The Labute approximate surface area is 145 Å². The molecule has 3 aromatic rings. The van der Waals surface area contributed by atoms with E-state index in [2.05, 4.69) is 9.97 Å². The van der Waals surface area contributed by atoms with Gasteiger partial charge in [-0.2, -0.15) is 13.2 Å². The maximum Gasteiger partial charge on any atom is 0.451 e. The molecule has 0 N–H and O–H groups in total.